The topological polar surface area (TPSA) is 94.0 Å². The number of hydrogen-bond donors (Lipinski definition) is 3. The summed E-state index contributed by atoms with van der Waals surface area (Å²) in [6.45, 7) is 0.557. The van der Waals surface area contributed by atoms with E-state index < -0.39 is 5.97 Å². The molecule has 3 aromatic rings. The van der Waals surface area contributed by atoms with Gasteiger partial charge in [0.15, 0.2) is 10.8 Å². The van der Waals surface area contributed by atoms with E-state index in [1.165, 1.54) is 0 Å². The summed E-state index contributed by atoms with van der Waals surface area (Å²) in [5.41, 5.74) is 7.11. The SMILES string of the molecule is CN1C(=O)/C(=N\NC(=S)NCc2ccccc2)c2cc(SCCc3ccc(C(=O)O)cc3)ccc21. The highest BCUT2D eigenvalue weighted by Gasteiger charge is 2.32. The fourth-order valence-electron chi connectivity index (χ4n) is 3.60. The van der Waals surface area contributed by atoms with E-state index in [9.17, 15) is 9.59 Å². The average Bonchev–Trinajstić information content (AvgIpc) is 3.11. The summed E-state index contributed by atoms with van der Waals surface area (Å²) in [5, 5.41) is 16.8. The largest absolute Gasteiger partial charge is 0.478 e. The van der Waals surface area contributed by atoms with E-state index in [-0.39, 0.29) is 11.5 Å². The van der Waals surface area contributed by atoms with Crippen LogP contribution < -0.4 is 15.6 Å². The number of benzene rings is 3. The molecule has 0 aromatic heterocycles. The van der Waals surface area contributed by atoms with Gasteiger partial charge < -0.3 is 15.3 Å². The Balaban J connectivity index is 1.38. The molecule has 0 fully saturated rings. The number of amides is 1. The van der Waals surface area contributed by atoms with Crippen molar-refractivity contribution in [1.29, 1.82) is 0 Å². The molecule has 1 aliphatic heterocycles. The van der Waals surface area contributed by atoms with Crippen LogP contribution in [0.1, 0.15) is 27.0 Å². The second-order valence-corrected chi connectivity index (χ2v) is 9.46. The fraction of sp³-hybridized carbons (Fsp3) is 0.154. The number of likely N-dealkylation sites (N-methyl/N-ethyl adjacent to an activating group) is 1. The molecule has 4 rings (SSSR count). The number of thioether (sulfide) groups is 1. The van der Waals surface area contributed by atoms with Crippen molar-refractivity contribution in [3.05, 3.63) is 95.1 Å². The predicted molar refractivity (Wildman–Crippen MR) is 143 cm³/mol. The van der Waals surface area contributed by atoms with Crippen LogP contribution in [0.25, 0.3) is 0 Å². The van der Waals surface area contributed by atoms with Crippen molar-refractivity contribution in [2.24, 2.45) is 5.10 Å². The first kappa shape index (κ1) is 24.4. The molecular weight excluding hydrogens is 480 g/mol. The maximum Gasteiger partial charge on any atom is 0.335 e. The van der Waals surface area contributed by atoms with Gasteiger partial charge in [-0.3, -0.25) is 10.2 Å². The zero-order chi connectivity index (χ0) is 24.8. The number of carbonyl (C=O) groups excluding carboxylic acids is 1. The first-order valence-corrected chi connectivity index (χ1v) is 12.3. The maximum absolute atomic E-state index is 12.8. The fourth-order valence-corrected chi connectivity index (χ4v) is 4.66. The van der Waals surface area contributed by atoms with Crippen molar-refractivity contribution in [3.63, 3.8) is 0 Å². The summed E-state index contributed by atoms with van der Waals surface area (Å²) in [6, 6.07) is 22.7. The summed E-state index contributed by atoms with van der Waals surface area (Å²) in [6.07, 6.45) is 0.796. The highest BCUT2D eigenvalue weighted by Crippen LogP contribution is 2.32. The maximum atomic E-state index is 12.8. The van der Waals surface area contributed by atoms with Crippen LogP contribution in [0.2, 0.25) is 0 Å². The second kappa shape index (κ2) is 11.2. The minimum absolute atomic E-state index is 0.195. The summed E-state index contributed by atoms with van der Waals surface area (Å²) in [4.78, 5) is 26.4. The smallest absolute Gasteiger partial charge is 0.335 e. The van der Waals surface area contributed by atoms with Gasteiger partial charge in [0.2, 0.25) is 0 Å². The summed E-state index contributed by atoms with van der Waals surface area (Å²) in [5.74, 6) is -0.310. The normalized spacial score (nSPS) is 13.6. The Morgan fingerprint density at radius 1 is 1.06 bits per heavy atom. The number of carboxylic acid groups (broad SMARTS) is 1. The number of aryl methyl sites for hydroxylation is 1. The molecular formula is C26H24N4O3S2. The zero-order valence-corrected chi connectivity index (χ0v) is 20.7. The van der Waals surface area contributed by atoms with Crippen LogP contribution in [0.15, 0.2) is 82.8 Å². The van der Waals surface area contributed by atoms with Gasteiger partial charge in [0.1, 0.15) is 0 Å². The van der Waals surface area contributed by atoms with Crippen molar-refractivity contribution in [2.75, 3.05) is 17.7 Å². The van der Waals surface area contributed by atoms with E-state index in [2.05, 4.69) is 15.8 Å². The third-order valence-electron chi connectivity index (χ3n) is 5.52. The number of hydrazone groups is 1. The van der Waals surface area contributed by atoms with Crippen LogP contribution in [0.4, 0.5) is 5.69 Å². The van der Waals surface area contributed by atoms with E-state index >= 15 is 0 Å². The third kappa shape index (κ3) is 6.06. The molecule has 35 heavy (non-hydrogen) atoms. The van der Waals surface area contributed by atoms with Gasteiger partial charge in [-0.2, -0.15) is 5.10 Å². The molecule has 0 spiro atoms. The molecule has 0 aliphatic carbocycles. The van der Waals surface area contributed by atoms with Gasteiger partial charge >= 0.3 is 5.97 Å². The van der Waals surface area contributed by atoms with Gasteiger partial charge in [-0.15, -0.1) is 11.8 Å². The molecule has 7 nitrogen and oxygen atoms in total. The first-order valence-electron chi connectivity index (χ1n) is 11.0. The molecule has 9 heteroatoms. The quantitative estimate of drug-likeness (QED) is 0.242. The van der Waals surface area contributed by atoms with Crippen LogP contribution >= 0.6 is 24.0 Å². The molecule has 0 saturated heterocycles. The Kier molecular flexibility index (Phi) is 7.79. The van der Waals surface area contributed by atoms with Crippen LogP contribution in [0.3, 0.4) is 0 Å². The van der Waals surface area contributed by atoms with E-state index in [0.717, 1.165) is 39.4 Å². The molecule has 0 bridgehead atoms. The Labute approximate surface area is 213 Å². The number of nitrogens with one attached hydrogen (secondary N) is 2. The minimum atomic E-state index is -0.928. The van der Waals surface area contributed by atoms with E-state index in [1.807, 2.05) is 60.7 Å². The standard InChI is InChI=1S/C26H24N4O3S2/c1-30-22-12-11-20(35-14-13-17-7-9-19(10-8-17)25(32)33)15-21(22)23(24(30)31)28-29-26(34)27-16-18-5-3-2-4-6-18/h2-12,15H,13-14,16H2,1H3,(H,32,33)(H2,27,29,34)/b28-23-. The van der Waals surface area contributed by atoms with Crippen LogP contribution in [-0.4, -0.2) is 40.6 Å². The Hall–Kier alpha value is -3.69. The number of nitrogens with zero attached hydrogens (tertiary/aromatic N) is 2. The number of anilines is 1. The molecule has 0 radical (unpaired) electrons. The van der Waals surface area contributed by atoms with E-state index in [4.69, 9.17) is 17.3 Å². The number of hydrogen-bond acceptors (Lipinski definition) is 5. The van der Waals surface area contributed by atoms with Crippen molar-refractivity contribution >= 4 is 52.4 Å². The number of thiocarbonyl (C=S) groups is 1. The number of carbonyl (C=O) groups is 2. The molecule has 1 heterocycles. The van der Waals surface area contributed by atoms with Gasteiger partial charge in [-0.1, -0.05) is 42.5 Å². The Morgan fingerprint density at radius 3 is 2.51 bits per heavy atom. The van der Waals surface area contributed by atoms with Gasteiger partial charge in [-0.05, 0) is 60.1 Å². The molecule has 0 unspecified atom stereocenters. The molecule has 3 N–H and O–H groups in total. The van der Waals surface area contributed by atoms with Gasteiger partial charge in [-0.25, -0.2) is 4.79 Å². The lowest BCUT2D eigenvalue weighted by Crippen LogP contribution is -2.34. The Bertz CT molecular complexity index is 1280. The first-order chi connectivity index (χ1) is 16.9. The van der Waals surface area contributed by atoms with E-state index in [0.29, 0.717) is 17.4 Å². The highest BCUT2D eigenvalue weighted by molar-refractivity contribution is 7.99. The average molecular weight is 505 g/mol. The zero-order valence-electron chi connectivity index (χ0n) is 19.0. The minimum Gasteiger partial charge on any atom is -0.478 e. The summed E-state index contributed by atoms with van der Waals surface area (Å²) < 4.78 is 0. The monoisotopic (exact) mass is 504 g/mol. The molecule has 3 aromatic carbocycles. The molecule has 1 amide bonds. The molecule has 0 saturated carbocycles. The van der Waals surface area contributed by atoms with Crippen molar-refractivity contribution in [1.82, 2.24) is 10.7 Å². The van der Waals surface area contributed by atoms with Crippen LogP contribution in [-0.2, 0) is 17.8 Å². The summed E-state index contributed by atoms with van der Waals surface area (Å²) >= 11 is 6.98. The second-order valence-electron chi connectivity index (χ2n) is 7.88. The Morgan fingerprint density at radius 2 is 1.80 bits per heavy atom. The lowest BCUT2D eigenvalue weighted by molar-refractivity contribution is -0.112. The number of carboxylic acids is 1. The third-order valence-corrected chi connectivity index (χ3v) is 6.75. The molecule has 1 aliphatic rings. The van der Waals surface area contributed by atoms with Crippen LogP contribution in [0, 0.1) is 0 Å². The van der Waals surface area contributed by atoms with Gasteiger partial charge in [0.05, 0.1) is 11.3 Å². The highest BCUT2D eigenvalue weighted by atomic mass is 32.2. The molecule has 0 atom stereocenters. The lowest BCUT2D eigenvalue weighted by atomic mass is 10.1. The van der Waals surface area contributed by atoms with Crippen molar-refractivity contribution < 1.29 is 14.7 Å². The van der Waals surface area contributed by atoms with Gasteiger partial charge in [0, 0.05) is 29.8 Å². The lowest BCUT2D eigenvalue weighted by Gasteiger charge is -2.09. The van der Waals surface area contributed by atoms with E-state index in [1.54, 1.807) is 35.8 Å². The summed E-state index contributed by atoms with van der Waals surface area (Å²) in [7, 11) is 1.73. The number of fused-ring (bicyclic) bond motifs is 1. The predicted octanol–water partition coefficient (Wildman–Crippen LogP) is 4.06. The number of rotatable bonds is 8. The molecule has 178 valence electrons. The van der Waals surface area contributed by atoms with Crippen LogP contribution in [0.5, 0.6) is 0 Å². The van der Waals surface area contributed by atoms with Crippen molar-refractivity contribution in [3.8, 4) is 0 Å². The van der Waals surface area contributed by atoms with Gasteiger partial charge in [0.25, 0.3) is 5.91 Å². The van der Waals surface area contributed by atoms with Crippen molar-refractivity contribution in [2.45, 2.75) is 17.9 Å². The number of aromatic carboxylic acids is 1.